The van der Waals surface area contributed by atoms with E-state index in [-0.39, 0.29) is 0 Å². The highest BCUT2D eigenvalue weighted by atomic mass is 35.5. The SMILES string of the molecule is Cc1cc(C)c(Cl)c(C)c1Cl.N=C=O.N=C=O. The maximum atomic E-state index is 8.35. The Kier molecular flexibility index (Phi) is 10.3. The number of carbonyl (C=O) groups excluding carboxylic acids is 2. The molecule has 4 nitrogen and oxygen atoms in total. The first-order valence-corrected chi connectivity index (χ1v) is 5.12. The van der Waals surface area contributed by atoms with Crippen molar-refractivity contribution in [3.63, 3.8) is 0 Å². The second-order valence-electron chi connectivity index (χ2n) is 2.97. The quantitative estimate of drug-likeness (QED) is 0.558. The Hall–Kier alpha value is -1.44. The largest absolute Gasteiger partial charge is 0.231 e. The van der Waals surface area contributed by atoms with Crippen LogP contribution in [0.1, 0.15) is 16.7 Å². The number of aryl methyl sites for hydroxylation is 2. The summed E-state index contributed by atoms with van der Waals surface area (Å²) < 4.78 is 0. The van der Waals surface area contributed by atoms with Crippen LogP contribution >= 0.6 is 23.2 Å². The Labute approximate surface area is 110 Å². The van der Waals surface area contributed by atoms with Crippen molar-refractivity contribution in [1.29, 1.82) is 10.8 Å². The molecule has 0 aromatic heterocycles. The van der Waals surface area contributed by atoms with E-state index in [4.69, 9.17) is 43.6 Å². The highest BCUT2D eigenvalue weighted by Gasteiger charge is 2.06. The highest BCUT2D eigenvalue weighted by Crippen LogP contribution is 2.29. The lowest BCUT2D eigenvalue weighted by Crippen LogP contribution is -1.86. The van der Waals surface area contributed by atoms with Crippen molar-refractivity contribution in [2.45, 2.75) is 20.8 Å². The van der Waals surface area contributed by atoms with E-state index < -0.39 is 0 Å². The zero-order valence-corrected chi connectivity index (χ0v) is 11.2. The van der Waals surface area contributed by atoms with Crippen molar-refractivity contribution in [2.24, 2.45) is 0 Å². The van der Waals surface area contributed by atoms with Crippen LogP contribution in [0.15, 0.2) is 6.07 Å². The molecule has 92 valence electrons. The van der Waals surface area contributed by atoms with Crippen molar-refractivity contribution in [1.82, 2.24) is 0 Å². The van der Waals surface area contributed by atoms with Gasteiger partial charge >= 0.3 is 0 Å². The summed E-state index contributed by atoms with van der Waals surface area (Å²) in [6.07, 6.45) is 1.50. The Morgan fingerprint density at radius 2 is 1.18 bits per heavy atom. The summed E-state index contributed by atoms with van der Waals surface area (Å²) in [7, 11) is 0. The van der Waals surface area contributed by atoms with Gasteiger partial charge in [-0.1, -0.05) is 29.3 Å². The topological polar surface area (TPSA) is 81.8 Å². The Morgan fingerprint density at radius 1 is 0.941 bits per heavy atom. The average molecular weight is 275 g/mol. The molecule has 0 aliphatic rings. The molecule has 6 heteroatoms. The fourth-order valence-corrected chi connectivity index (χ4v) is 1.49. The zero-order valence-electron chi connectivity index (χ0n) is 9.65. The van der Waals surface area contributed by atoms with Crippen LogP contribution in [-0.2, 0) is 9.59 Å². The third-order valence-corrected chi connectivity index (χ3v) is 2.95. The number of isocyanates is 2. The van der Waals surface area contributed by atoms with Gasteiger partial charge in [-0.3, -0.25) is 0 Å². The Bertz CT molecular complexity index is 409. The third-order valence-electron chi connectivity index (χ3n) is 1.78. The zero-order chi connectivity index (χ0) is 14.0. The molecule has 0 saturated carbocycles. The number of benzene rings is 1. The van der Waals surface area contributed by atoms with Crippen LogP contribution in [0.2, 0.25) is 10.0 Å². The van der Waals surface area contributed by atoms with Crippen molar-refractivity contribution in [3.8, 4) is 0 Å². The second kappa shape index (κ2) is 9.76. The average Bonchev–Trinajstić information content (AvgIpc) is 2.26. The fourth-order valence-electron chi connectivity index (χ4n) is 1.14. The van der Waals surface area contributed by atoms with Crippen molar-refractivity contribution >= 4 is 35.4 Å². The number of nitrogens with one attached hydrogen (secondary N) is 2. The van der Waals surface area contributed by atoms with Gasteiger partial charge in [0.1, 0.15) is 0 Å². The van der Waals surface area contributed by atoms with Crippen molar-refractivity contribution in [2.75, 3.05) is 0 Å². The number of halogens is 2. The van der Waals surface area contributed by atoms with Gasteiger partial charge in [0.25, 0.3) is 0 Å². The van der Waals surface area contributed by atoms with Gasteiger partial charge in [-0.15, -0.1) is 0 Å². The fraction of sp³-hybridized carbons (Fsp3) is 0.273. The predicted octanol–water partition coefficient (Wildman–Crippen LogP) is 3.72. The van der Waals surface area contributed by atoms with E-state index in [1.54, 1.807) is 0 Å². The highest BCUT2D eigenvalue weighted by molar-refractivity contribution is 6.36. The number of hydrogen-bond acceptors (Lipinski definition) is 4. The minimum Gasteiger partial charge on any atom is -0.222 e. The molecule has 0 fully saturated rings. The lowest BCUT2D eigenvalue weighted by Gasteiger charge is -2.07. The minimum absolute atomic E-state index is 0.750. The van der Waals surface area contributed by atoms with E-state index in [0.717, 1.165) is 38.9 Å². The molecule has 0 bridgehead atoms. The van der Waals surface area contributed by atoms with Gasteiger partial charge in [0.15, 0.2) is 0 Å². The molecular formula is C11H12Cl2N2O2. The summed E-state index contributed by atoms with van der Waals surface area (Å²) in [5.74, 6) is 0. The van der Waals surface area contributed by atoms with Gasteiger partial charge in [0.2, 0.25) is 12.2 Å². The maximum absolute atomic E-state index is 8.35. The van der Waals surface area contributed by atoms with Crippen LogP contribution in [0.25, 0.3) is 0 Å². The molecule has 0 saturated heterocycles. The van der Waals surface area contributed by atoms with Gasteiger partial charge in [-0.2, -0.15) is 0 Å². The molecule has 0 atom stereocenters. The Morgan fingerprint density at radius 3 is 1.41 bits per heavy atom. The van der Waals surface area contributed by atoms with E-state index in [0.29, 0.717) is 0 Å². The summed E-state index contributed by atoms with van der Waals surface area (Å²) in [5.41, 5.74) is 3.16. The number of hydrogen-bond donors (Lipinski definition) is 2. The summed E-state index contributed by atoms with van der Waals surface area (Å²) in [4.78, 5) is 16.7. The normalized spacial score (nSPS) is 7.59. The lowest BCUT2D eigenvalue weighted by molar-refractivity contribution is 0.562. The smallest absolute Gasteiger partial charge is 0.222 e. The molecule has 0 heterocycles. The lowest BCUT2D eigenvalue weighted by atomic mass is 10.1. The monoisotopic (exact) mass is 274 g/mol. The summed E-state index contributed by atoms with van der Waals surface area (Å²) in [5, 5.41) is 12.4. The van der Waals surface area contributed by atoms with Gasteiger partial charge < -0.3 is 0 Å². The first-order valence-electron chi connectivity index (χ1n) is 4.36. The summed E-state index contributed by atoms with van der Waals surface area (Å²) in [6.45, 7) is 5.90. The second-order valence-corrected chi connectivity index (χ2v) is 3.72. The molecule has 2 N–H and O–H groups in total. The van der Waals surface area contributed by atoms with Crippen LogP contribution < -0.4 is 0 Å². The molecule has 0 spiro atoms. The summed E-state index contributed by atoms with van der Waals surface area (Å²) in [6, 6.07) is 2.00. The van der Waals surface area contributed by atoms with E-state index >= 15 is 0 Å². The molecule has 0 aliphatic heterocycles. The van der Waals surface area contributed by atoms with E-state index in [1.165, 1.54) is 0 Å². The van der Waals surface area contributed by atoms with E-state index in [2.05, 4.69) is 0 Å². The maximum Gasteiger partial charge on any atom is 0.231 e. The molecule has 1 aromatic rings. The minimum atomic E-state index is 0.750. The van der Waals surface area contributed by atoms with Crippen LogP contribution in [0.3, 0.4) is 0 Å². The van der Waals surface area contributed by atoms with Crippen LogP contribution in [0.5, 0.6) is 0 Å². The molecule has 0 radical (unpaired) electrons. The summed E-state index contributed by atoms with van der Waals surface area (Å²) >= 11 is 11.9. The van der Waals surface area contributed by atoms with E-state index in [9.17, 15) is 0 Å². The third kappa shape index (κ3) is 6.67. The molecule has 0 unspecified atom stereocenters. The first kappa shape index (κ1) is 17.9. The standard InChI is InChI=1S/C9H10Cl2.2CHNO/c1-5-4-6(2)9(11)7(3)8(5)10;2*2-1-3/h4H,1-3H3;2*2H. The van der Waals surface area contributed by atoms with Gasteiger partial charge in [0, 0.05) is 10.0 Å². The molecule has 0 amide bonds. The van der Waals surface area contributed by atoms with Gasteiger partial charge in [-0.05, 0) is 37.5 Å². The van der Waals surface area contributed by atoms with Crippen LogP contribution in [-0.4, -0.2) is 12.2 Å². The van der Waals surface area contributed by atoms with Crippen molar-refractivity contribution < 1.29 is 9.59 Å². The Balaban J connectivity index is 0. The molecule has 1 aromatic carbocycles. The molecule has 0 aliphatic carbocycles. The van der Waals surface area contributed by atoms with Gasteiger partial charge in [-0.25, -0.2) is 20.4 Å². The van der Waals surface area contributed by atoms with E-state index in [1.807, 2.05) is 26.8 Å². The van der Waals surface area contributed by atoms with Gasteiger partial charge in [0.05, 0.1) is 0 Å². The molecule has 1 rings (SSSR count). The first-order chi connectivity index (χ1) is 7.87. The van der Waals surface area contributed by atoms with Crippen molar-refractivity contribution in [3.05, 3.63) is 32.8 Å². The van der Waals surface area contributed by atoms with Crippen LogP contribution in [0, 0.1) is 31.6 Å². The number of rotatable bonds is 0. The predicted molar refractivity (Wildman–Crippen MR) is 67.5 cm³/mol. The van der Waals surface area contributed by atoms with Crippen LogP contribution in [0.4, 0.5) is 0 Å². The molecule has 17 heavy (non-hydrogen) atoms. The molecular weight excluding hydrogens is 263 g/mol.